The summed E-state index contributed by atoms with van der Waals surface area (Å²) in [7, 11) is 0. The molecule has 0 saturated heterocycles. The van der Waals surface area contributed by atoms with Crippen LogP contribution in [0.15, 0.2) is 24.3 Å². The number of H-pyrrole nitrogens is 1. The van der Waals surface area contributed by atoms with E-state index in [9.17, 15) is 14.9 Å². The van der Waals surface area contributed by atoms with Gasteiger partial charge in [0.1, 0.15) is 5.82 Å². The second-order valence-electron chi connectivity index (χ2n) is 3.81. The molecule has 2 rings (SSSR count). The van der Waals surface area contributed by atoms with Gasteiger partial charge in [-0.2, -0.15) is 4.98 Å². The van der Waals surface area contributed by atoms with E-state index < -0.39 is 10.8 Å². The predicted octanol–water partition coefficient (Wildman–Crippen LogP) is 1.04. The number of rotatable bonds is 5. The molecule has 0 spiro atoms. The first-order valence-electron chi connectivity index (χ1n) is 5.61. The molecule has 2 N–H and O–H groups in total. The third-order valence-corrected chi connectivity index (χ3v) is 2.27. The molecule has 0 radical (unpaired) electrons. The van der Waals surface area contributed by atoms with Crippen LogP contribution in [0.2, 0.25) is 0 Å². The number of nitro benzene ring substituents is 1. The van der Waals surface area contributed by atoms with Gasteiger partial charge < -0.3 is 4.74 Å². The van der Waals surface area contributed by atoms with Gasteiger partial charge in [0.05, 0.1) is 4.92 Å². The Morgan fingerprint density at radius 2 is 2.25 bits per heavy atom. The van der Waals surface area contributed by atoms with Crippen LogP contribution in [0, 0.1) is 17.0 Å². The molecule has 2 aromatic rings. The highest BCUT2D eigenvalue weighted by Crippen LogP contribution is 2.25. The lowest BCUT2D eigenvalue weighted by molar-refractivity contribution is -0.385. The predicted molar refractivity (Wildman–Crippen MR) is 68.3 cm³/mol. The highest BCUT2D eigenvalue weighted by molar-refractivity contribution is 5.90. The van der Waals surface area contributed by atoms with Gasteiger partial charge in [-0.1, -0.05) is 12.1 Å². The van der Waals surface area contributed by atoms with Crippen molar-refractivity contribution in [1.82, 2.24) is 15.2 Å². The summed E-state index contributed by atoms with van der Waals surface area (Å²) in [6.07, 6.45) is 0. The molecule has 0 aliphatic carbocycles. The lowest BCUT2D eigenvalue weighted by Crippen LogP contribution is -2.21. The van der Waals surface area contributed by atoms with Crippen molar-refractivity contribution in [3.63, 3.8) is 0 Å². The van der Waals surface area contributed by atoms with Crippen molar-refractivity contribution in [3.8, 4) is 5.75 Å². The van der Waals surface area contributed by atoms with Gasteiger partial charge >= 0.3 is 5.69 Å². The quantitative estimate of drug-likeness (QED) is 0.621. The Kier molecular flexibility index (Phi) is 3.89. The van der Waals surface area contributed by atoms with Crippen LogP contribution in [0.4, 0.5) is 11.6 Å². The molecule has 0 fully saturated rings. The van der Waals surface area contributed by atoms with E-state index in [4.69, 9.17) is 4.74 Å². The van der Waals surface area contributed by atoms with E-state index >= 15 is 0 Å². The SMILES string of the molecule is Cc1nc(NC(=O)COc2ccccc2[N+](=O)[O-])n[nH]1. The lowest BCUT2D eigenvalue weighted by atomic mass is 10.3. The summed E-state index contributed by atoms with van der Waals surface area (Å²) in [6.45, 7) is 1.31. The molecule has 1 aromatic heterocycles. The second kappa shape index (κ2) is 5.78. The third kappa shape index (κ3) is 3.28. The standard InChI is InChI=1S/C11H11N5O4/c1-7-12-11(15-14-7)13-10(17)6-20-9-5-3-2-4-8(9)16(18)19/h2-5H,6H2,1H3,(H2,12,13,14,15,17). The summed E-state index contributed by atoms with van der Waals surface area (Å²) in [5, 5.41) is 19.4. The number of benzene rings is 1. The molecular formula is C11H11N5O4. The maximum atomic E-state index is 11.6. The van der Waals surface area contributed by atoms with Crippen LogP contribution in [-0.2, 0) is 4.79 Å². The van der Waals surface area contributed by atoms with E-state index in [2.05, 4.69) is 20.5 Å². The number of nitro groups is 1. The fourth-order valence-electron chi connectivity index (χ4n) is 1.43. The maximum absolute atomic E-state index is 11.6. The number of carbonyl (C=O) groups is 1. The van der Waals surface area contributed by atoms with Crippen molar-refractivity contribution in [2.75, 3.05) is 11.9 Å². The molecule has 0 atom stereocenters. The number of anilines is 1. The minimum atomic E-state index is -0.578. The van der Waals surface area contributed by atoms with Gasteiger partial charge in [-0.15, -0.1) is 5.10 Å². The van der Waals surface area contributed by atoms with Gasteiger partial charge in [-0.25, -0.2) is 0 Å². The van der Waals surface area contributed by atoms with Crippen LogP contribution >= 0.6 is 0 Å². The van der Waals surface area contributed by atoms with Crippen molar-refractivity contribution in [2.24, 2.45) is 0 Å². The molecule has 1 aromatic carbocycles. The van der Waals surface area contributed by atoms with Crippen molar-refractivity contribution in [2.45, 2.75) is 6.92 Å². The molecule has 20 heavy (non-hydrogen) atoms. The fraction of sp³-hybridized carbons (Fsp3) is 0.182. The number of aromatic amines is 1. The van der Waals surface area contributed by atoms with E-state index in [1.54, 1.807) is 13.0 Å². The number of para-hydroxylation sites is 2. The normalized spacial score (nSPS) is 10.1. The van der Waals surface area contributed by atoms with Gasteiger partial charge in [-0.05, 0) is 13.0 Å². The summed E-state index contributed by atoms with van der Waals surface area (Å²) in [5.74, 6) is 0.194. The van der Waals surface area contributed by atoms with Crippen LogP contribution in [0.5, 0.6) is 5.75 Å². The van der Waals surface area contributed by atoms with Crippen molar-refractivity contribution >= 4 is 17.5 Å². The Hall–Kier alpha value is -2.97. The zero-order valence-electron chi connectivity index (χ0n) is 10.5. The second-order valence-corrected chi connectivity index (χ2v) is 3.81. The largest absolute Gasteiger partial charge is 0.477 e. The smallest absolute Gasteiger partial charge is 0.310 e. The summed E-state index contributed by atoms with van der Waals surface area (Å²) in [6, 6.07) is 5.81. The summed E-state index contributed by atoms with van der Waals surface area (Å²) >= 11 is 0. The Morgan fingerprint density at radius 3 is 2.90 bits per heavy atom. The zero-order valence-corrected chi connectivity index (χ0v) is 10.5. The number of nitrogens with zero attached hydrogens (tertiary/aromatic N) is 3. The Balaban J connectivity index is 1.95. The number of nitrogens with one attached hydrogen (secondary N) is 2. The molecule has 0 unspecified atom stereocenters. The van der Waals surface area contributed by atoms with Crippen molar-refractivity contribution in [3.05, 3.63) is 40.2 Å². The minimum absolute atomic E-state index is 0.0267. The Morgan fingerprint density at radius 1 is 1.50 bits per heavy atom. The highest BCUT2D eigenvalue weighted by Gasteiger charge is 2.15. The molecule has 1 heterocycles. The third-order valence-electron chi connectivity index (χ3n) is 2.27. The number of carbonyl (C=O) groups excluding carboxylic acids is 1. The average molecular weight is 277 g/mol. The first-order valence-corrected chi connectivity index (χ1v) is 5.61. The van der Waals surface area contributed by atoms with Gasteiger partial charge in [0.25, 0.3) is 5.91 Å². The maximum Gasteiger partial charge on any atom is 0.310 e. The van der Waals surface area contributed by atoms with Gasteiger partial charge in [0.15, 0.2) is 12.4 Å². The van der Waals surface area contributed by atoms with Crippen LogP contribution in [0.3, 0.4) is 0 Å². The van der Waals surface area contributed by atoms with Gasteiger partial charge in [0, 0.05) is 6.07 Å². The van der Waals surface area contributed by atoms with Gasteiger partial charge in [-0.3, -0.25) is 25.3 Å². The first-order chi connectivity index (χ1) is 9.56. The zero-order chi connectivity index (χ0) is 14.5. The molecule has 0 aliphatic heterocycles. The first kappa shape index (κ1) is 13.5. The van der Waals surface area contributed by atoms with E-state index in [1.165, 1.54) is 18.2 Å². The minimum Gasteiger partial charge on any atom is -0.477 e. The summed E-state index contributed by atoms with van der Waals surface area (Å²) in [5.41, 5.74) is -0.200. The number of aryl methyl sites for hydroxylation is 1. The molecule has 9 heteroatoms. The lowest BCUT2D eigenvalue weighted by Gasteiger charge is -2.05. The monoisotopic (exact) mass is 277 g/mol. The van der Waals surface area contributed by atoms with Crippen LogP contribution in [0.1, 0.15) is 5.82 Å². The fourth-order valence-corrected chi connectivity index (χ4v) is 1.43. The Labute approximate surface area is 113 Å². The highest BCUT2D eigenvalue weighted by atomic mass is 16.6. The van der Waals surface area contributed by atoms with E-state index in [0.717, 1.165) is 0 Å². The molecule has 0 aliphatic rings. The summed E-state index contributed by atoms with van der Waals surface area (Å²) in [4.78, 5) is 25.6. The van der Waals surface area contributed by atoms with E-state index in [1.807, 2.05) is 0 Å². The van der Waals surface area contributed by atoms with Crippen LogP contribution < -0.4 is 10.1 Å². The van der Waals surface area contributed by atoms with Crippen molar-refractivity contribution in [1.29, 1.82) is 0 Å². The molecule has 1 amide bonds. The number of hydrogen-bond acceptors (Lipinski definition) is 6. The number of aromatic nitrogens is 3. The molecule has 104 valence electrons. The van der Waals surface area contributed by atoms with Crippen LogP contribution in [0.25, 0.3) is 0 Å². The van der Waals surface area contributed by atoms with E-state index in [-0.39, 0.29) is 24.0 Å². The average Bonchev–Trinajstić information content (AvgIpc) is 2.82. The van der Waals surface area contributed by atoms with Crippen LogP contribution in [-0.4, -0.2) is 32.6 Å². The molecule has 0 bridgehead atoms. The molecule has 0 saturated carbocycles. The Bertz CT molecular complexity index is 639. The topological polar surface area (TPSA) is 123 Å². The van der Waals surface area contributed by atoms with E-state index in [0.29, 0.717) is 5.82 Å². The van der Waals surface area contributed by atoms with Crippen molar-refractivity contribution < 1.29 is 14.5 Å². The summed E-state index contributed by atoms with van der Waals surface area (Å²) < 4.78 is 5.12. The van der Waals surface area contributed by atoms with Gasteiger partial charge in [0.2, 0.25) is 5.95 Å². The number of hydrogen-bond donors (Lipinski definition) is 2. The number of amides is 1. The number of ether oxygens (including phenoxy) is 1. The molecular weight excluding hydrogens is 266 g/mol. The molecule has 9 nitrogen and oxygen atoms in total.